The normalized spacial score (nSPS) is 10.4. The number of nitrogen functional groups attached to an aromatic ring is 1. The van der Waals surface area contributed by atoms with E-state index in [1.807, 2.05) is 0 Å². The summed E-state index contributed by atoms with van der Waals surface area (Å²) in [7, 11) is 1.27. The van der Waals surface area contributed by atoms with E-state index in [1.165, 1.54) is 31.5 Å². The molecule has 2 aromatic rings. The van der Waals surface area contributed by atoms with Crippen molar-refractivity contribution < 1.29 is 9.53 Å². The number of carbonyl (C=O) groups is 1. The summed E-state index contributed by atoms with van der Waals surface area (Å²) >= 11 is 18.2. The number of benzene rings is 1. The molecule has 0 unspecified atom stereocenters. The van der Waals surface area contributed by atoms with Gasteiger partial charge in [-0.25, -0.2) is 9.78 Å². The first-order valence-corrected chi connectivity index (χ1v) is 6.56. The fourth-order valence-corrected chi connectivity index (χ4v) is 2.77. The van der Waals surface area contributed by atoms with Crippen LogP contribution in [0.3, 0.4) is 0 Å². The molecule has 0 saturated carbocycles. The van der Waals surface area contributed by atoms with E-state index in [-0.39, 0.29) is 11.4 Å². The number of halogens is 3. The first-order chi connectivity index (χ1) is 9.43. The lowest BCUT2D eigenvalue weighted by atomic mass is 10.0. The van der Waals surface area contributed by atoms with Crippen LogP contribution < -0.4 is 5.73 Å². The second kappa shape index (κ2) is 5.87. The second-order valence-electron chi connectivity index (χ2n) is 3.89. The first-order valence-electron chi connectivity index (χ1n) is 5.42. The predicted molar refractivity (Wildman–Crippen MR) is 80.5 cm³/mol. The number of pyridine rings is 1. The van der Waals surface area contributed by atoms with Gasteiger partial charge >= 0.3 is 5.97 Å². The molecular weight excluding hydrogens is 323 g/mol. The maximum atomic E-state index is 11.8. The van der Waals surface area contributed by atoms with E-state index in [2.05, 4.69) is 4.98 Å². The molecule has 2 N–H and O–H groups in total. The Morgan fingerprint density at radius 2 is 1.80 bits per heavy atom. The molecule has 0 atom stereocenters. The molecule has 0 aliphatic heterocycles. The molecule has 7 heteroatoms. The highest BCUT2D eigenvalue weighted by atomic mass is 35.5. The smallest absolute Gasteiger partial charge is 0.338 e. The van der Waals surface area contributed by atoms with Crippen LogP contribution in [0.1, 0.15) is 10.4 Å². The Hall–Kier alpha value is -1.49. The summed E-state index contributed by atoms with van der Waals surface area (Å²) in [5, 5.41) is 1.00. The average Bonchev–Trinajstić information content (AvgIpc) is 2.38. The number of hydrogen-bond donors (Lipinski definition) is 1. The summed E-state index contributed by atoms with van der Waals surface area (Å²) in [6.45, 7) is 0. The van der Waals surface area contributed by atoms with Crippen molar-refractivity contribution in [3.63, 3.8) is 0 Å². The summed E-state index contributed by atoms with van der Waals surface area (Å²) in [5.74, 6) is -0.369. The van der Waals surface area contributed by atoms with Crippen LogP contribution in [0, 0.1) is 0 Å². The average molecular weight is 332 g/mol. The fraction of sp³-hybridized carbons (Fsp3) is 0.0769. The predicted octanol–water partition coefficient (Wildman–Crippen LogP) is 4.08. The Morgan fingerprint density at radius 3 is 2.35 bits per heavy atom. The van der Waals surface area contributed by atoms with Crippen molar-refractivity contribution in [1.82, 2.24) is 4.98 Å². The van der Waals surface area contributed by atoms with E-state index >= 15 is 0 Å². The van der Waals surface area contributed by atoms with Crippen LogP contribution in [0.2, 0.25) is 15.1 Å². The van der Waals surface area contributed by atoms with Crippen molar-refractivity contribution >= 4 is 46.6 Å². The van der Waals surface area contributed by atoms with Crippen LogP contribution >= 0.6 is 34.8 Å². The Labute approximate surface area is 130 Å². The molecule has 0 radical (unpaired) electrons. The number of anilines is 1. The van der Waals surface area contributed by atoms with Crippen molar-refractivity contribution in [2.75, 3.05) is 12.8 Å². The van der Waals surface area contributed by atoms with Crippen LogP contribution in [0.4, 0.5) is 5.82 Å². The topological polar surface area (TPSA) is 65.2 Å². The summed E-state index contributed by atoms with van der Waals surface area (Å²) in [6.07, 6.45) is 1.42. The van der Waals surface area contributed by atoms with Crippen molar-refractivity contribution in [3.8, 4) is 11.1 Å². The highest BCUT2D eigenvalue weighted by Gasteiger charge is 2.19. The molecule has 0 aliphatic rings. The molecule has 20 heavy (non-hydrogen) atoms. The number of hydrogen-bond acceptors (Lipinski definition) is 4. The minimum Gasteiger partial charge on any atom is -0.465 e. The quantitative estimate of drug-likeness (QED) is 0.842. The number of carbonyl (C=O) groups excluding carboxylic acids is 1. The van der Waals surface area contributed by atoms with E-state index in [0.29, 0.717) is 26.2 Å². The van der Waals surface area contributed by atoms with Crippen LogP contribution in [0.5, 0.6) is 0 Å². The van der Waals surface area contributed by atoms with E-state index in [0.717, 1.165) is 0 Å². The van der Waals surface area contributed by atoms with Gasteiger partial charge in [0, 0.05) is 22.3 Å². The van der Waals surface area contributed by atoms with Gasteiger partial charge in [0.1, 0.15) is 5.82 Å². The first kappa shape index (κ1) is 14.9. The maximum Gasteiger partial charge on any atom is 0.338 e. The van der Waals surface area contributed by atoms with Gasteiger partial charge in [0.2, 0.25) is 0 Å². The summed E-state index contributed by atoms with van der Waals surface area (Å²) in [4.78, 5) is 15.8. The summed E-state index contributed by atoms with van der Waals surface area (Å²) in [5.41, 5.74) is 6.70. The maximum absolute atomic E-state index is 11.8. The molecule has 0 saturated heterocycles. The number of nitrogens with two attached hydrogens (primary N) is 1. The third kappa shape index (κ3) is 2.82. The lowest BCUT2D eigenvalue weighted by molar-refractivity contribution is 0.0601. The standard InChI is InChI=1S/C13H9Cl3N2O2/c1-20-13(19)7-4-11(17)18-5-8(7)12-9(15)2-6(14)3-10(12)16/h2-5H,1H3,(H2,17,18). The number of nitrogens with zero attached hydrogens (tertiary/aromatic N) is 1. The zero-order valence-electron chi connectivity index (χ0n) is 10.3. The lowest BCUT2D eigenvalue weighted by Gasteiger charge is -2.12. The van der Waals surface area contributed by atoms with Crippen LogP contribution in [-0.2, 0) is 4.74 Å². The molecule has 4 nitrogen and oxygen atoms in total. The Bertz CT molecular complexity index is 666. The van der Waals surface area contributed by atoms with E-state index in [1.54, 1.807) is 0 Å². The van der Waals surface area contributed by atoms with Gasteiger partial charge in [-0.05, 0) is 18.2 Å². The molecule has 0 spiro atoms. The molecule has 104 valence electrons. The SMILES string of the molecule is COC(=O)c1cc(N)ncc1-c1c(Cl)cc(Cl)cc1Cl. The number of ether oxygens (including phenoxy) is 1. The zero-order chi connectivity index (χ0) is 14.9. The van der Waals surface area contributed by atoms with Crippen LogP contribution in [0.15, 0.2) is 24.4 Å². The number of aromatic nitrogens is 1. The molecule has 0 aliphatic carbocycles. The van der Waals surface area contributed by atoms with E-state index in [9.17, 15) is 4.79 Å². The third-order valence-electron chi connectivity index (χ3n) is 2.61. The summed E-state index contributed by atoms with van der Waals surface area (Å²) < 4.78 is 4.72. The van der Waals surface area contributed by atoms with Gasteiger partial charge in [0.05, 0.1) is 22.7 Å². The highest BCUT2D eigenvalue weighted by molar-refractivity contribution is 6.42. The van der Waals surface area contributed by atoms with E-state index < -0.39 is 5.97 Å². The van der Waals surface area contributed by atoms with Crippen molar-refractivity contribution in [2.24, 2.45) is 0 Å². The van der Waals surface area contributed by atoms with Crippen molar-refractivity contribution in [2.45, 2.75) is 0 Å². The minimum atomic E-state index is -0.559. The van der Waals surface area contributed by atoms with Gasteiger partial charge in [-0.2, -0.15) is 0 Å². The van der Waals surface area contributed by atoms with Crippen molar-refractivity contribution in [3.05, 3.63) is 45.0 Å². The van der Waals surface area contributed by atoms with E-state index in [4.69, 9.17) is 45.3 Å². The minimum absolute atomic E-state index is 0.190. The number of rotatable bonds is 2. The molecule has 0 bridgehead atoms. The fourth-order valence-electron chi connectivity index (χ4n) is 1.75. The highest BCUT2D eigenvalue weighted by Crippen LogP contribution is 2.38. The van der Waals surface area contributed by atoms with Gasteiger partial charge in [-0.1, -0.05) is 34.8 Å². The van der Waals surface area contributed by atoms with Gasteiger partial charge in [-0.3, -0.25) is 0 Å². The Balaban J connectivity index is 2.73. The van der Waals surface area contributed by atoms with Gasteiger partial charge in [-0.15, -0.1) is 0 Å². The van der Waals surface area contributed by atoms with Crippen molar-refractivity contribution in [1.29, 1.82) is 0 Å². The van der Waals surface area contributed by atoms with Crippen LogP contribution in [-0.4, -0.2) is 18.1 Å². The van der Waals surface area contributed by atoms with Crippen LogP contribution in [0.25, 0.3) is 11.1 Å². The molecule has 1 heterocycles. The van der Waals surface area contributed by atoms with Gasteiger partial charge in [0.25, 0.3) is 0 Å². The monoisotopic (exact) mass is 330 g/mol. The Kier molecular flexibility index (Phi) is 4.38. The zero-order valence-corrected chi connectivity index (χ0v) is 12.6. The Morgan fingerprint density at radius 1 is 1.20 bits per heavy atom. The van der Waals surface area contributed by atoms with Gasteiger partial charge in [0.15, 0.2) is 0 Å². The number of esters is 1. The molecule has 2 rings (SSSR count). The molecule has 0 amide bonds. The third-order valence-corrected chi connectivity index (χ3v) is 3.42. The number of methoxy groups -OCH3 is 1. The largest absolute Gasteiger partial charge is 0.465 e. The van der Waals surface area contributed by atoms with Gasteiger partial charge < -0.3 is 10.5 Å². The molecule has 1 aromatic carbocycles. The summed E-state index contributed by atoms with van der Waals surface area (Å²) in [6, 6.07) is 4.46. The second-order valence-corrected chi connectivity index (χ2v) is 5.14. The molecular formula is C13H9Cl3N2O2. The molecule has 0 fully saturated rings. The lowest BCUT2D eigenvalue weighted by Crippen LogP contribution is -2.06. The molecule has 1 aromatic heterocycles.